The number of amides is 2. The summed E-state index contributed by atoms with van der Waals surface area (Å²) in [6.07, 6.45) is 1.79. The Morgan fingerprint density at radius 2 is 2.04 bits per heavy atom. The molecule has 0 spiro atoms. The molecule has 3 aromatic rings. The summed E-state index contributed by atoms with van der Waals surface area (Å²) in [6.45, 7) is 0.719. The van der Waals surface area contributed by atoms with Crippen LogP contribution in [0.1, 0.15) is 22.3 Å². The van der Waals surface area contributed by atoms with Crippen LogP contribution in [0.3, 0.4) is 0 Å². The van der Waals surface area contributed by atoms with Gasteiger partial charge < -0.3 is 10.6 Å². The van der Waals surface area contributed by atoms with Gasteiger partial charge in [-0.1, -0.05) is 29.8 Å². The molecule has 2 heterocycles. The number of nitrogens with zero attached hydrogens (tertiary/aromatic N) is 2. The van der Waals surface area contributed by atoms with Crippen molar-refractivity contribution in [1.82, 2.24) is 15.1 Å². The van der Waals surface area contributed by atoms with E-state index in [9.17, 15) is 9.59 Å². The van der Waals surface area contributed by atoms with Crippen molar-refractivity contribution in [3.8, 4) is 0 Å². The van der Waals surface area contributed by atoms with Gasteiger partial charge in [-0.25, -0.2) is 4.68 Å². The molecular weight excluding hydrogens is 372 g/mol. The number of nitrogens with one attached hydrogen (secondary N) is 2. The molecule has 0 radical (unpaired) electrons. The molecule has 0 aliphatic carbocycles. The van der Waals surface area contributed by atoms with Crippen molar-refractivity contribution in [2.45, 2.75) is 13.0 Å². The molecule has 1 aromatic carbocycles. The lowest BCUT2D eigenvalue weighted by molar-refractivity contribution is -0.116. The van der Waals surface area contributed by atoms with Crippen LogP contribution in [0, 0.1) is 0 Å². The molecule has 0 bridgehead atoms. The molecule has 0 atom stereocenters. The molecule has 2 aromatic heterocycles. The minimum atomic E-state index is -0.198. The lowest BCUT2D eigenvalue weighted by Gasteiger charge is -2.10. The monoisotopic (exact) mass is 388 g/mol. The molecule has 0 aliphatic rings. The third-order valence-corrected chi connectivity index (χ3v) is 4.73. The topological polar surface area (TPSA) is 76.0 Å². The molecule has 0 saturated carbocycles. The zero-order valence-corrected chi connectivity index (χ0v) is 15.4. The predicted octanol–water partition coefficient (Wildman–Crippen LogP) is 3.40. The summed E-state index contributed by atoms with van der Waals surface area (Å²) in [4.78, 5) is 24.0. The zero-order valence-electron chi connectivity index (χ0n) is 13.8. The first-order chi connectivity index (χ1) is 12.6. The first kappa shape index (κ1) is 18.2. The highest BCUT2D eigenvalue weighted by Crippen LogP contribution is 2.18. The van der Waals surface area contributed by atoms with Crippen LogP contribution in [0.25, 0.3) is 0 Å². The Morgan fingerprint density at radius 1 is 1.19 bits per heavy atom. The van der Waals surface area contributed by atoms with Gasteiger partial charge in [0, 0.05) is 35.0 Å². The van der Waals surface area contributed by atoms with Crippen molar-refractivity contribution < 1.29 is 9.59 Å². The lowest BCUT2D eigenvalue weighted by Crippen LogP contribution is -2.27. The summed E-state index contributed by atoms with van der Waals surface area (Å²) >= 11 is 7.63. The number of thiophene rings is 1. The number of hydrogen-bond acceptors (Lipinski definition) is 4. The van der Waals surface area contributed by atoms with Gasteiger partial charge in [0.05, 0.1) is 12.7 Å². The molecule has 2 amide bonds. The average molecular weight is 389 g/mol. The van der Waals surface area contributed by atoms with E-state index in [0.29, 0.717) is 22.9 Å². The summed E-state index contributed by atoms with van der Waals surface area (Å²) in [6, 6.07) is 11.0. The molecule has 0 saturated heterocycles. The maximum atomic E-state index is 12.1. The van der Waals surface area contributed by atoms with E-state index in [4.69, 9.17) is 11.6 Å². The second kappa shape index (κ2) is 8.64. The van der Waals surface area contributed by atoms with Gasteiger partial charge in [0.2, 0.25) is 5.91 Å². The molecule has 3 rings (SSSR count). The summed E-state index contributed by atoms with van der Waals surface area (Å²) in [7, 11) is 0. The van der Waals surface area contributed by atoms with E-state index < -0.39 is 0 Å². The molecule has 0 aliphatic heterocycles. The fraction of sp³-hybridized carbons (Fsp3) is 0.167. The normalized spacial score (nSPS) is 10.5. The van der Waals surface area contributed by atoms with E-state index in [-0.39, 0.29) is 24.8 Å². The van der Waals surface area contributed by atoms with Crippen molar-refractivity contribution in [1.29, 1.82) is 0 Å². The highest BCUT2D eigenvalue weighted by atomic mass is 35.5. The van der Waals surface area contributed by atoms with E-state index in [2.05, 4.69) is 15.7 Å². The predicted molar refractivity (Wildman–Crippen MR) is 103 cm³/mol. The van der Waals surface area contributed by atoms with Crippen LogP contribution in [0.15, 0.2) is 53.4 Å². The van der Waals surface area contributed by atoms with Crippen molar-refractivity contribution in [3.05, 3.63) is 69.5 Å². The number of benzene rings is 1. The van der Waals surface area contributed by atoms with Crippen LogP contribution < -0.4 is 10.6 Å². The highest BCUT2D eigenvalue weighted by molar-refractivity contribution is 7.08. The quantitative estimate of drug-likeness (QED) is 0.651. The van der Waals surface area contributed by atoms with Gasteiger partial charge in [0.25, 0.3) is 5.91 Å². The number of rotatable bonds is 7. The Labute approximate surface area is 159 Å². The number of carbonyl (C=O) groups excluding carboxylic acids is 2. The molecule has 0 fully saturated rings. The fourth-order valence-electron chi connectivity index (χ4n) is 2.34. The maximum Gasteiger partial charge on any atom is 0.252 e. The van der Waals surface area contributed by atoms with E-state index in [1.807, 2.05) is 29.6 Å². The van der Waals surface area contributed by atoms with Crippen LogP contribution in [-0.2, 0) is 11.3 Å². The largest absolute Gasteiger partial charge is 0.351 e. The van der Waals surface area contributed by atoms with E-state index in [1.165, 1.54) is 11.3 Å². The van der Waals surface area contributed by atoms with E-state index in [1.54, 1.807) is 28.4 Å². The smallest absolute Gasteiger partial charge is 0.252 e. The SMILES string of the molecule is O=C(CCNC(=O)c1ccsc1)Nc1ccnn1Cc1ccccc1Cl. The molecule has 26 heavy (non-hydrogen) atoms. The molecule has 6 nitrogen and oxygen atoms in total. The second-order valence-corrected chi connectivity index (χ2v) is 6.72. The molecule has 0 unspecified atom stereocenters. The number of anilines is 1. The highest BCUT2D eigenvalue weighted by Gasteiger charge is 2.10. The second-order valence-electron chi connectivity index (χ2n) is 5.53. The number of hydrogen-bond donors (Lipinski definition) is 2. The summed E-state index contributed by atoms with van der Waals surface area (Å²) in [5, 5.41) is 14.0. The molecule has 134 valence electrons. The molecule has 8 heteroatoms. The van der Waals surface area contributed by atoms with Gasteiger partial charge in [0.1, 0.15) is 5.82 Å². The van der Waals surface area contributed by atoms with Crippen LogP contribution >= 0.6 is 22.9 Å². The Hall–Kier alpha value is -2.64. The Balaban J connectivity index is 1.51. The minimum absolute atomic E-state index is 0.174. The van der Waals surface area contributed by atoms with Crippen LogP contribution in [0.4, 0.5) is 5.82 Å². The molecule has 2 N–H and O–H groups in total. The summed E-state index contributed by atoms with van der Waals surface area (Å²) in [5.74, 6) is 0.207. The van der Waals surface area contributed by atoms with Crippen LogP contribution in [0.2, 0.25) is 5.02 Å². The Morgan fingerprint density at radius 3 is 2.81 bits per heavy atom. The van der Waals surface area contributed by atoms with Crippen molar-refractivity contribution in [2.75, 3.05) is 11.9 Å². The Bertz CT molecular complexity index is 892. The standard InChI is InChI=1S/C18H17ClN4O2S/c19-15-4-2-1-3-13(15)11-23-16(5-9-21-23)22-17(24)6-8-20-18(25)14-7-10-26-12-14/h1-5,7,9-10,12H,6,8,11H2,(H,20,25)(H,22,24). The minimum Gasteiger partial charge on any atom is -0.351 e. The Kier molecular flexibility index (Phi) is 6.04. The maximum absolute atomic E-state index is 12.1. The van der Waals surface area contributed by atoms with Crippen LogP contribution in [-0.4, -0.2) is 28.1 Å². The van der Waals surface area contributed by atoms with Crippen molar-refractivity contribution in [2.24, 2.45) is 0 Å². The summed E-state index contributed by atoms with van der Waals surface area (Å²) in [5.41, 5.74) is 1.52. The van der Waals surface area contributed by atoms with Gasteiger partial charge in [-0.05, 0) is 23.1 Å². The van der Waals surface area contributed by atoms with Gasteiger partial charge in [-0.2, -0.15) is 16.4 Å². The van der Waals surface area contributed by atoms with Crippen LogP contribution in [0.5, 0.6) is 0 Å². The first-order valence-electron chi connectivity index (χ1n) is 7.99. The van der Waals surface area contributed by atoms with Crippen molar-refractivity contribution >= 4 is 40.6 Å². The number of halogens is 1. The van der Waals surface area contributed by atoms with Gasteiger partial charge >= 0.3 is 0 Å². The van der Waals surface area contributed by atoms with Gasteiger partial charge in [-0.3, -0.25) is 9.59 Å². The van der Waals surface area contributed by atoms with E-state index in [0.717, 1.165) is 5.56 Å². The fourth-order valence-corrected chi connectivity index (χ4v) is 3.17. The van der Waals surface area contributed by atoms with Gasteiger partial charge in [0.15, 0.2) is 0 Å². The average Bonchev–Trinajstić information content (AvgIpc) is 3.29. The van der Waals surface area contributed by atoms with Crippen molar-refractivity contribution in [3.63, 3.8) is 0 Å². The molecular formula is C18H17ClN4O2S. The zero-order chi connectivity index (χ0) is 18.4. The van der Waals surface area contributed by atoms with Gasteiger partial charge in [-0.15, -0.1) is 0 Å². The summed E-state index contributed by atoms with van der Waals surface area (Å²) < 4.78 is 1.67. The third-order valence-electron chi connectivity index (χ3n) is 3.68. The third kappa shape index (κ3) is 4.71. The first-order valence-corrected chi connectivity index (χ1v) is 9.31. The lowest BCUT2D eigenvalue weighted by atomic mass is 10.2. The number of aromatic nitrogens is 2. The van der Waals surface area contributed by atoms with E-state index >= 15 is 0 Å². The number of carbonyl (C=O) groups is 2.